The maximum absolute atomic E-state index is 11.6. The summed E-state index contributed by atoms with van der Waals surface area (Å²) in [5.41, 5.74) is 0. The van der Waals surface area contributed by atoms with Crippen molar-refractivity contribution in [3.8, 4) is 0 Å². The first-order chi connectivity index (χ1) is 8.65. The van der Waals surface area contributed by atoms with Gasteiger partial charge in [0.05, 0.1) is 6.42 Å². The third kappa shape index (κ3) is 3.19. The van der Waals surface area contributed by atoms with E-state index in [0.717, 1.165) is 0 Å². The molecule has 1 aliphatic rings. The number of hydrogen-bond acceptors (Lipinski definition) is 5. The quantitative estimate of drug-likeness (QED) is 0.748. The Bertz CT molecular complexity index is 414. The van der Waals surface area contributed by atoms with Gasteiger partial charge in [0.15, 0.2) is 5.82 Å². The van der Waals surface area contributed by atoms with Crippen LogP contribution in [-0.4, -0.2) is 51.8 Å². The van der Waals surface area contributed by atoms with Crippen molar-refractivity contribution in [1.29, 1.82) is 0 Å². The van der Waals surface area contributed by atoms with E-state index in [9.17, 15) is 9.59 Å². The van der Waals surface area contributed by atoms with E-state index in [1.807, 2.05) is 0 Å². The van der Waals surface area contributed by atoms with E-state index in [1.165, 1.54) is 6.39 Å². The minimum Gasteiger partial charge on any atom is -0.481 e. The number of aliphatic carboxylic acids is 1. The minimum absolute atomic E-state index is 0.0745. The van der Waals surface area contributed by atoms with E-state index in [-0.39, 0.29) is 18.4 Å². The molecule has 8 nitrogen and oxygen atoms in total. The molecule has 98 valence electrons. The summed E-state index contributed by atoms with van der Waals surface area (Å²) in [4.78, 5) is 27.4. The molecule has 0 aliphatic carbocycles. The number of hydrogen-bond donors (Lipinski definition) is 2. The summed E-state index contributed by atoms with van der Waals surface area (Å²) in [6.45, 7) is 1.43. The van der Waals surface area contributed by atoms with Gasteiger partial charge in [-0.15, -0.1) is 0 Å². The second kappa shape index (κ2) is 5.48. The van der Waals surface area contributed by atoms with Crippen molar-refractivity contribution < 1.29 is 19.2 Å². The zero-order valence-corrected chi connectivity index (χ0v) is 9.70. The molecule has 0 radical (unpaired) electrons. The monoisotopic (exact) mass is 254 g/mol. The topological polar surface area (TPSA) is 109 Å². The van der Waals surface area contributed by atoms with Gasteiger partial charge in [-0.3, -0.25) is 4.79 Å². The second-order valence-electron chi connectivity index (χ2n) is 4.20. The van der Waals surface area contributed by atoms with Crippen LogP contribution in [0.4, 0.5) is 4.79 Å². The first kappa shape index (κ1) is 12.3. The summed E-state index contributed by atoms with van der Waals surface area (Å²) in [6.07, 6.45) is 1.87. The highest BCUT2D eigenvalue weighted by Gasteiger charge is 2.31. The number of carboxylic acids is 1. The van der Waals surface area contributed by atoms with Gasteiger partial charge >= 0.3 is 12.0 Å². The Morgan fingerprint density at radius 3 is 2.94 bits per heavy atom. The highest BCUT2D eigenvalue weighted by atomic mass is 16.5. The summed E-state index contributed by atoms with van der Waals surface area (Å²) in [7, 11) is 0. The van der Waals surface area contributed by atoms with Crippen LogP contribution < -0.4 is 5.32 Å². The molecule has 18 heavy (non-hydrogen) atoms. The normalized spacial score (nSPS) is 15.2. The van der Waals surface area contributed by atoms with Crippen molar-refractivity contribution in [2.45, 2.75) is 12.8 Å². The van der Waals surface area contributed by atoms with Crippen LogP contribution in [0, 0.1) is 5.92 Å². The molecule has 1 fully saturated rings. The highest BCUT2D eigenvalue weighted by Crippen LogP contribution is 2.18. The summed E-state index contributed by atoms with van der Waals surface area (Å²) in [5, 5.41) is 14.9. The number of likely N-dealkylation sites (tertiary alicyclic amines) is 1. The number of nitrogens with one attached hydrogen (secondary N) is 1. The molecule has 2 heterocycles. The number of aromatic nitrogens is 2. The molecule has 1 aromatic heterocycles. The van der Waals surface area contributed by atoms with Gasteiger partial charge in [0, 0.05) is 32.0 Å². The number of carbonyl (C=O) groups is 2. The highest BCUT2D eigenvalue weighted by molar-refractivity contribution is 5.75. The molecule has 1 saturated heterocycles. The van der Waals surface area contributed by atoms with Crippen LogP contribution in [0.5, 0.6) is 0 Å². The average Bonchev–Trinajstić information content (AvgIpc) is 2.75. The standard InChI is InChI=1S/C10H14N4O4/c15-9(16)3-7-4-14(5-7)10(17)11-2-1-8-12-6-18-13-8/h6-7H,1-5H2,(H,11,17)(H,15,16). The third-order valence-corrected chi connectivity index (χ3v) is 2.74. The molecule has 2 amide bonds. The van der Waals surface area contributed by atoms with E-state index in [1.54, 1.807) is 4.90 Å². The Morgan fingerprint density at radius 1 is 1.56 bits per heavy atom. The molecule has 2 N–H and O–H groups in total. The Labute approximate surface area is 103 Å². The maximum Gasteiger partial charge on any atom is 0.317 e. The van der Waals surface area contributed by atoms with Crippen LogP contribution in [0.15, 0.2) is 10.9 Å². The first-order valence-electron chi connectivity index (χ1n) is 5.65. The molecular weight excluding hydrogens is 240 g/mol. The largest absolute Gasteiger partial charge is 0.481 e. The van der Waals surface area contributed by atoms with Gasteiger partial charge in [-0.2, -0.15) is 4.98 Å². The van der Waals surface area contributed by atoms with Crippen LogP contribution in [0.2, 0.25) is 0 Å². The molecule has 8 heteroatoms. The number of nitrogens with zero attached hydrogens (tertiary/aromatic N) is 3. The Kier molecular flexibility index (Phi) is 3.75. The maximum atomic E-state index is 11.6. The zero-order chi connectivity index (χ0) is 13.0. The fourth-order valence-electron chi connectivity index (χ4n) is 1.81. The van der Waals surface area contributed by atoms with Crippen molar-refractivity contribution in [2.75, 3.05) is 19.6 Å². The molecule has 1 aliphatic heterocycles. The summed E-state index contributed by atoms with van der Waals surface area (Å²) in [6, 6.07) is -0.180. The zero-order valence-electron chi connectivity index (χ0n) is 9.70. The molecule has 1 aromatic rings. The Morgan fingerprint density at radius 2 is 2.33 bits per heavy atom. The van der Waals surface area contributed by atoms with Crippen LogP contribution in [0.3, 0.4) is 0 Å². The van der Waals surface area contributed by atoms with E-state index in [2.05, 4.69) is 20.0 Å². The SMILES string of the molecule is O=C(O)CC1CN(C(=O)NCCc2ncon2)C1. The number of amides is 2. The van der Waals surface area contributed by atoms with Crippen molar-refractivity contribution >= 4 is 12.0 Å². The molecule has 0 unspecified atom stereocenters. The predicted octanol–water partition coefficient (Wildman–Crippen LogP) is -0.272. The Balaban J connectivity index is 1.60. The number of urea groups is 1. The average molecular weight is 254 g/mol. The van der Waals surface area contributed by atoms with Crippen molar-refractivity contribution in [2.24, 2.45) is 5.92 Å². The van der Waals surface area contributed by atoms with Gasteiger partial charge in [0.1, 0.15) is 0 Å². The molecule has 0 saturated carbocycles. The van der Waals surface area contributed by atoms with Gasteiger partial charge in [0.2, 0.25) is 6.39 Å². The van der Waals surface area contributed by atoms with E-state index < -0.39 is 5.97 Å². The molecule has 0 aromatic carbocycles. The fourth-order valence-corrected chi connectivity index (χ4v) is 1.81. The molecular formula is C10H14N4O4. The van der Waals surface area contributed by atoms with Gasteiger partial charge in [-0.25, -0.2) is 4.79 Å². The summed E-state index contributed by atoms with van der Waals surface area (Å²) >= 11 is 0. The van der Waals surface area contributed by atoms with Gasteiger partial charge < -0.3 is 19.8 Å². The van der Waals surface area contributed by atoms with Crippen molar-refractivity contribution in [3.63, 3.8) is 0 Å². The van der Waals surface area contributed by atoms with Crippen molar-refractivity contribution in [1.82, 2.24) is 20.4 Å². The van der Waals surface area contributed by atoms with Crippen LogP contribution >= 0.6 is 0 Å². The first-order valence-corrected chi connectivity index (χ1v) is 5.65. The molecule has 0 bridgehead atoms. The second-order valence-corrected chi connectivity index (χ2v) is 4.20. The lowest BCUT2D eigenvalue weighted by Gasteiger charge is -2.38. The minimum atomic E-state index is -0.822. The number of carbonyl (C=O) groups excluding carboxylic acids is 1. The third-order valence-electron chi connectivity index (χ3n) is 2.74. The lowest BCUT2D eigenvalue weighted by Crippen LogP contribution is -2.54. The van der Waals surface area contributed by atoms with Crippen LogP contribution in [0.25, 0.3) is 0 Å². The number of carboxylic acid groups (broad SMARTS) is 1. The van der Waals surface area contributed by atoms with Gasteiger partial charge in [-0.1, -0.05) is 5.16 Å². The molecule has 2 rings (SSSR count). The van der Waals surface area contributed by atoms with Gasteiger partial charge in [0.25, 0.3) is 0 Å². The summed E-state index contributed by atoms with van der Waals surface area (Å²) in [5.74, 6) is -0.203. The Hall–Kier alpha value is -2.12. The van der Waals surface area contributed by atoms with E-state index in [0.29, 0.717) is 31.9 Å². The molecule has 0 spiro atoms. The van der Waals surface area contributed by atoms with E-state index >= 15 is 0 Å². The van der Waals surface area contributed by atoms with Crippen LogP contribution in [-0.2, 0) is 11.2 Å². The number of rotatable bonds is 5. The van der Waals surface area contributed by atoms with E-state index in [4.69, 9.17) is 5.11 Å². The lowest BCUT2D eigenvalue weighted by molar-refractivity contribution is -0.139. The lowest BCUT2D eigenvalue weighted by atomic mass is 9.97. The molecule has 0 atom stereocenters. The smallest absolute Gasteiger partial charge is 0.317 e. The summed E-state index contributed by atoms with van der Waals surface area (Å²) < 4.78 is 4.56. The van der Waals surface area contributed by atoms with Crippen LogP contribution in [0.1, 0.15) is 12.2 Å². The van der Waals surface area contributed by atoms with Crippen molar-refractivity contribution in [3.05, 3.63) is 12.2 Å². The van der Waals surface area contributed by atoms with Gasteiger partial charge in [-0.05, 0) is 0 Å². The predicted molar refractivity (Wildman–Crippen MR) is 58.7 cm³/mol. The fraction of sp³-hybridized carbons (Fsp3) is 0.600.